The van der Waals surface area contributed by atoms with Crippen LogP contribution in [0, 0.1) is 17.1 Å². The lowest BCUT2D eigenvalue weighted by atomic mass is 10.1. The summed E-state index contributed by atoms with van der Waals surface area (Å²) in [5, 5.41) is 9.66. The van der Waals surface area contributed by atoms with Crippen LogP contribution in [0.3, 0.4) is 0 Å². The van der Waals surface area contributed by atoms with Crippen molar-refractivity contribution in [2.75, 3.05) is 5.32 Å². The lowest BCUT2D eigenvalue weighted by molar-refractivity contribution is -0.120. The topological polar surface area (TPSA) is 62.7 Å². The van der Waals surface area contributed by atoms with Gasteiger partial charge in [-0.3, -0.25) is 14.5 Å². The molecule has 0 unspecified atom stereocenters. The first kappa shape index (κ1) is 15.5. The molecule has 1 aromatic carbocycles. The summed E-state index contributed by atoms with van der Waals surface area (Å²) in [5.41, 5.74) is 0.717. The molecule has 116 valence electrons. The summed E-state index contributed by atoms with van der Waals surface area (Å²) in [7, 11) is 0. The summed E-state index contributed by atoms with van der Waals surface area (Å²) in [4.78, 5) is 12.3. The molecule has 22 heavy (non-hydrogen) atoms. The van der Waals surface area contributed by atoms with Gasteiger partial charge < -0.3 is 5.32 Å². The third kappa shape index (κ3) is 2.45. The van der Waals surface area contributed by atoms with Crippen LogP contribution in [0.15, 0.2) is 24.3 Å². The lowest BCUT2D eigenvalue weighted by Gasteiger charge is -2.13. The molecule has 0 radical (unpaired) electrons. The molecule has 1 fully saturated rings. The number of aryl methyl sites for hydroxylation is 1. The maximum absolute atomic E-state index is 12.3. The highest BCUT2D eigenvalue weighted by Crippen LogP contribution is 2.64. The average Bonchev–Trinajstić information content (AvgIpc) is 2.79. The number of aromatic amines is 1. The van der Waals surface area contributed by atoms with E-state index in [2.05, 4.69) is 15.5 Å². The minimum atomic E-state index is -0.988. The fourth-order valence-corrected chi connectivity index (χ4v) is 3.31. The molecule has 8 heteroatoms. The number of alkyl halides is 2. The summed E-state index contributed by atoms with van der Waals surface area (Å²) < 4.78 is 1.30. The van der Waals surface area contributed by atoms with Crippen molar-refractivity contribution >= 4 is 47.0 Å². The zero-order valence-electron chi connectivity index (χ0n) is 12.0. The molecule has 1 atom stereocenters. The van der Waals surface area contributed by atoms with E-state index >= 15 is 0 Å². The smallest absolute Gasteiger partial charge is 0.233 e. The Kier molecular flexibility index (Phi) is 3.58. The van der Waals surface area contributed by atoms with Crippen LogP contribution >= 0.6 is 35.4 Å². The SMILES string of the molecule is Cc1n[nH]c(=S)n1-c1cccc(NC(=O)[C@]2(C)CC2(Cl)Cl)c1. The summed E-state index contributed by atoms with van der Waals surface area (Å²) in [6.07, 6.45) is 0.445. The highest BCUT2D eigenvalue weighted by Gasteiger charge is 2.67. The predicted octanol–water partition coefficient (Wildman–Crippen LogP) is 3.76. The first-order valence-corrected chi connectivity index (χ1v) is 7.85. The van der Waals surface area contributed by atoms with Gasteiger partial charge in [0.15, 0.2) is 4.77 Å². The van der Waals surface area contributed by atoms with Crippen LogP contribution < -0.4 is 5.32 Å². The predicted molar refractivity (Wildman–Crippen MR) is 89.3 cm³/mol. The monoisotopic (exact) mass is 356 g/mol. The number of rotatable bonds is 3. The van der Waals surface area contributed by atoms with Crippen LogP contribution in [0.25, 0.3) is 5.69 Å². The molecule has 0 bridgehead atoms. The van der Waals surface area contributed by atoms with Crippen LogP contribution in [-0.2, 0) is 4.79 Å². The fourth-order valence-electron chi connectivity index (χ4n) is 2.32. The molecular weight excluding hydrogens is 343 g/mol. The number of halogens is 2. The standard InChI is InChI=1S/C14H14Cl2N4OS/c1-8-18-19-12(22)20(8)10-5-3-4-9(6-10)17-11(21)13(2)7-14(13,15)16/h3-6H,7H2,1-2H3,(H,17,21)(H,19,22)/t13-/m0/s1. The van der Waals surface area contributed by atoms with Crippen molar-refractivity contribution in [3.05, 3.63) is 34.9 Å². The molecule has 1 aliphatic rings. The van der Waals surface area contributed by atoms with E-state index in [0.29, 0.717) is 16.9 Å². The molecule has 2 aromatic rings. The van der Waals surface area contributed by atoms with Crippen molar-refractivity contribution < 1.29 is 4.79 Å². The Morgan fingerprint density at radius 3 is 2.73 bits per heavy atom. The van der Waals surface area contributed by atoms with Crippen molar-refractivity contribution in [1.29, 1.82) is 0 Å². The molecule has 5 nitrogen and oxygen atoms in total. The fraction of sp³-hybridized carbons (Fsp3) is 0.357. The van der Waals surface area contributed by atoms with E-state index in [0.717, 1.165) is 11.5 Å². The number of carbonyl (C=O) groups is 1. The maximum Gasteiger partial charge on any atom is 0.233 e. The van der Waals surface area contributed by atoms with Gasteiger partial charge in [-0.1, -0.05) is 6.07 Å². The van der Waals surface area contributed by atoms with Crippen molar-refractivity contribution in [1.82, 2.24) is 14.8 Å². The number of benzene rings is 1. The molecule has 0 spiro atoms. The Morgan fingerprint density at radius 2 is 2.18 bits per heavy atom. The lowest BCUT2D eigenvalue weighted by Crippen LogP contribution is -2.26. The molecule has 3 rings (SSSR count). The minimum Gasteiger partial charge on any atom is -0.325 e. The van der Waals surface area contributed by atoms with Gasteiger partial charge in [-0.05, 0) is 50.7 Å². The summed E-state index contributed by atoms with van der Waals surface area (Å²) in [5.74, 6) is 0.547. The molecule has 0 saturated heterocycles. The number of hydrogen-bond donors (Lipinski definition) is 2. The molecule has 2 N–H and O–H groups in total. The molecule has 1 saturated carbocycles. The highest BCUT2D eigenvalue weighted by molar-refractivity contribution is 7.71. The van der Waals surface area contributed by atoms with Gasteiger partial charge in [0.2, 0.25) is 5.91 Å². The van der Waals surface area contributed by atoms with Crippen molar-refractivity contribution in [3.63, 3.8) is 0 Å². The average molecular weight is 357 g/mol. The van der Waals surface area contributed by atoms with Crippen LogP contribution in [0.4, 0.5) is 5.69 Å². The molecule has 1 amide bonds. The van der Waals surface area contributed by atoms with Gasteiger partial charge in [-0.2, -0.15) is 5.10 Å². The summed E-state index contributed by atoms with van der Waals surface area (Å²) >= 11 is 17.3. The number of nitrogens with one attached hydrogen (secondary N) is 2. The van der Waals surface area contributed by atoms with E-state index in [1.165, 1.54) is 0 Å². The maximum atomic E-state index is 12.3. The molecule has 1 aliphatic carbocycles. The zero-order chi connectivity index (χ0) is 16.1. The number of amides is 1. The number of carbonyl (C=O) groups excluding carboxylic acids is 1. The van der Waals surface area contributed by atoms with Gasteiger partial charge >= 0.3 is 0 Å². The number of nitrogens with zero attached hydrogens (tertiary/aromatic N) is 2. The Balaban J connectivity index is 1.87. The van der Waals surface area contributed by atoms with Gasteiger partial charge in [-0.25, -0.2) is 0 Å². The zero-order valence-corrected chi connectivity index (χ0v) is 14.3. The molecule has 1 heterocycles. The molecule has 1 aromatic heterocycles. The number of anilines is 1. The van der Waals surface area contributed by atoms with Gasteiger partial charge in [0.25, 0.3) is 0 Å². The quantitative estimate of drug-likeness (QED) is 0.649. The van der Waals surface area contributed by atoms with Gasteiger partial charge in [0, 0.05) is 5.69 Å². The second kappa shape index (κ2) is 5.08. The van der Waals surface area contributed by atoms with Crippen molar-refractivity contribution in [2.24, 2.45) is 5.41 Å². The van der Waals surface area contributed by atoms with E-state index in [1.807, 2.05) is 25.1 Å². The van der Waals surface area contributed by atoms with Crippen LogP contribution in [0.5, 0.6) is 0 Å². The number of aromatic nitrogens is 3. The Hall–Kier alpha value is -1.37. The number of H-pyrrole nitrogens is 1. The number of hydrogen-bond acceptors (Lipinski definition) is 3. The molecule has 0 aliphatic heterocycles. The van der Waals surface area contributed by atoms with Gasteiger partial charge in [-0.15, -0.1) is 23.2 Å². The minimum absolute atomic E-state index is 0.192. The van der Waals surface area contributed by atoms with Gasteiger partial charge in [0.1, 0.15) is 10.2 Å². The third-order valence-corrected chi connectivity index (χ3v) is 5.34. The Morgan fingerprint density at radius 1 is 1.50 bits per heavy atom. The highest BCUT2D eigenvalue weighted by atomic mass is 35.5. The van der Waals surface area contributed by atoms with E-state index in [-0.39, 0.29) is 5.91 Å². The second-order valence-electron chi connectivity index (χ2n) is 5.63. The first-order valence-electron chi connectivity index (χ1n) is 6.68. The third-order valence-electron chi connectivity index (χ3n) is 3.96. The normalized spacial score (nSPS) is 22.4. The van der Waals surface area contributed by atoms with Crippen molar-refractivity contribution in [2.45, 2.75) is 24.6 Å². The summed E-state index contributed by atoms with van der Waals surface area (Å²) in [6, 6.07) is 7.35. The van der Waals surface area contributed by atoms with E-state index in [9.17, 15) is 4.79 Å². The largest absolute Gasteiger partial charge is 0.325 e. The second-order valence-corrected chi connectivity index (χ2v) is 7.50. The van der Waals surface area contributed by atoms with E-state index in [1.54, 1.807) is 17.6 Å². The van der Waals surface area contributed by atoms with E-state index in [4.69, 9.17) is 35.4 Å². The van der Waals surface area contributed by atoms with Crippen molar-refractivity contribution in [3.8, 4) is 5.69 Å². The van der Waals surface area contributed by atoms with E-state index < -0.39 is 9.75 Å². The first-order chi connectivity index (χ1) is 10.2. The molecular formula is C14H14Cl2N4OS. The van der Waals surface area contributed by atoms with Gasteiger partial charge in [0.05, 0.1) is 11.1 Å². The summed E-state index contributed by atoms with van der Waals surface area (Å²) in [6.45, 7) is 3.60. The van der Waals surface area contributed by atoms with Crippen LogP contribution in [0.2, 0.25) is 0 Å². The van der Waals surface area contributed by atoms with Crippen LogP contribution in [-0.4, -0.2) is 25.0 Å². The van der Waals surface area contributed by atoms with Crippen LogP contribution in [0.1, 0.15) is 19.2 Å². The Bertz CT molecular complexity index is 813. The Labute approximate surface area is 142 Å².